The molecule has 3 heterocycles. The quantitative estimate of drug-likeness (QED) is 0.732. The highest BCUT2D eigenvalue weighted by atomic mass is 16.9. The monoisotopic (exact) mass is 268 g/mol. The van der Waals surface area contributed by atoms with Crippen molar-refractivity contribution in [2.24, 2.45) is 23.7 Å². The van der Waals surface area contributed by atoms with Crippen LogP contribution in [0.25, 0.3) is 0 Å². The first-order chi connectivity index (χ1) is 8.96. The largest absolute Gasteiger partial charge is 0.368 e. The fourth-order valence-corrected chi connectivity index (χ4v) is 5.15. The summed E-state index contributed by atoms with van der Waals surface area (Å²) in [6.07, 6.45) is 3.30. The molecule has 108 valence electrons. The van der Waals surface area contributed by atoms with Gasteiger partial charge < -0.3 is 19.3 Å². The summed E-state index contributed by atoms with van der Waals surface area (Å²) in [5, 5.41) is 10.1. The highest BCUT2D eigenvalue weighted by Gasteiger charge is 2.71. The number of aliphatic hydroxyl groups is 1. The van der Waals surface area contributed by atoms with Crippen LogP contribution in [0.4, 0.5) is 0 Å². The van der Waals surface area contributed by atoms with Gasteiger partial charge >= 0.3 is 0 Å². The Labute approximate surface area is 114 Å². The molecule has 4 heteroatoms. The van der Waals surface area contributed by atoms with E-state index in [0.717, 1.165) is 19.3 Å². The van der Waals surface area contributed by atoms with Crippen LogP contribution in [-0.2, 0) is 14.2 Å². The van der Waals surface area contributed by atoms with Crippen molar-refractivity contribution in [3.05, 3.63) is 0 Å². The smallest absolute Gasteiger partial charge is 0.193 e. The Balaban J connectivity index is 1.81. The predicted molar refractivity (Wildman–Crippen MR) is 68.0 cm³/mol. The summed E-state index contributed by atoms with van der Waals surface area (Å²) in [5.41, 5.74) is -0.316. The van der Waals surface area contributed by atoms with E-state index in [1.807, 2.05) is 6.92 Å². The van der Waals surface area contributed by atoms with Gasteiger partial charge in [-0.3, -0.25) is 0 Å². The van der Waals surface area contributed by atoms with Crippen molar-refractivity contribution in [3.8, 4) is 0 Å². The van der Waals surface area contributed by atoms with E-state index in [9.17, 15) is 5.11 Å². The van der Waals surface area contributed by atoms with Crippen LogP contribution in [0.1, 0.15) is 46.5 Å². The summed E-state index contributed by atoms with van der Waals surface area (Å²) in [4.78, 5) is 0. The molecule has 4 rings (SSSR count). The molecular weight excluding hydrogens is 244 g/mol. The minimum Gasteiger partial charge on any atom is -0.368 e. The first kappa shape index (κ1) is 12.6. The molecule has 19 heavy (non-hydrogen) atoms. The molecule has 0 radical (unpaired) electrons. The molecule has 1 spiro atoms. The third-order valence-electron chi connectivity index (χ3n) is 6.15. The molecular formula is C15H24O4. The Morgan fingerprint density at radius 2 is 1.89 bits per heavy atom. The number of ether oxygens (including phenoxy) is 3. The summed E-state index contributed by atoms with van der Waals surface area (Å²) in [6, 6.07) is 0. The third kappa shape index (κ3) is 1.44. The molecule has 1 unspecified atom stereocenters. The van der Waals surface area contributed by atoms with Crippen LogP contribution in [0.5, 0.6) is 0 Å². The van der Waals surface area contributed by atoms with E-state index >= 15 is 0 Å². The summed E-state index contributed by atoms with van der Waals surface area (Å²) in [6.45, 7) is 6.43. The fourth-order valence-electron chi connectivity index (χ4n) is 5.15. The van der Waals surface area contributed by atoms with E-state index in [1.54, 1.807) is 0 Å². The van der Waals surface area contributed by atoms with Crippen molar-refractivity contribution < 1.29 is 19.3 Å². The van der Waals surface area contributed by atoms with Gasteiger partial charge in [0.1, 0.15) is 5.60 Å². The van der Waals surface area contributed by atoms with Crippen molar-refractivity contribution in [1.82, 2.24) is 0 Å². The Kier molecular flexibility index (Phi) is 2.47. The van der Waals surface area contributed by atoms with Crippen molar-refractivity contribution >= 4 is 0 Å². The Hall–Kier alpha value is -0.160. The molecule has 3 saturated heterocycles. The maximum atomic E-state index is 10.1. The van der Waals surface area contributed by atoms with Gasteiger partial charge in [-0.2, -0.15) is 0 Å². The van der Waals surface area contributed by atoms with Gasteiger partial charge in [-0.15, -0.1) is 0 Å². The molecule has 0 amide bonds. The second kappa shape index (κ2) is 3.73. The molecule has 1 N–H and O–H groups in total. The summed E-state index contributed by atoms with van der Waals surface area (Å²) in [5.74, 6) is 1.11. The van der Waals surface area contributed by atoms with E-state index < -0.39 is 12.1 Å². The molecule has 4 aliphatic rings. The van der Waals surface area contributed by atoms with E-state index in [4.69, 9.17) is 14.2 Å². The molecule has 0 aromatic heterocycles. The second-order valence-electron chi connectivity index (χ2n) is 7.23. The zero-order valence-corrected chi connectivity index (χ0v) is 12.0. The van der Waals surface area contributed by atoms with Crippen LogP contribution in [-0.4, -0.2) is 29.1 Å². The van der Waals surface area contributed by atoms with Gasteiger partial charge in [-0.1, -0.05) is 13.8 Å². The number of hydrogen-bond donors (Lipinski definition) is 1. The van der Waals surface area contributed by atoms with Crippen LogP contribution in [0.2, 0.25) is 0 Å². The van der Waals surface area contributed by atoms with Crippen molar-refractivity contribution in [2.75, 3.05) is 0 Å². The van der Waals surface area contributed by atoms with Gasteiger partial charge in [-0.05, 0) is 38.0 Å². The van der Waals surface area contributed by atoms with E-state index in [2.05, 4.69) is 13.8 Å². The second-order valence-corrected chi connectivity index (χ2v) is 7.23. The van der Waals surface area contributed by atoms with Gasteiger partial charge in [0.05, 0.1) is 0 Å². The lowest BCUT2D eigenvalue weighted by Gasteiger charge is -2.57. The van der Waals surface area contributed by atoms with Crippen LogP contribution in [0, 0.1) is 23.7 Å². The van der Waals surface area contributed by atoms with Crippen LogP contribution in [0.15, 0.2) is 0 Å². The molecule has 1 aliphatic carbocycles. The van der Waals surface area contributed by atoms with Gasteiger partial charge in [0.25, 0.3) is 0 Å². The fraction of sp³-hybridized carbons (Fsp3) is 1.00. The summed E-state index contributed by atoms with van der Waals surface area (Å²) < 4.78 is 18.3. The predicted octanol–water partition coefficient (Wildman–Crippen LogP) is 2.26. The molecule has 3 aliphatic heterocycles. The van der Waals surface area contributed by atoms with Gasteiger partial charge in [0.2, 0.25) is 0 Å². The number of fused-ring (bicyclic) bond motifs is 1. The number of hydrogen-bond acceptors (Lipinski definition) is 4. The summed E-state index contributed by atoms with van der Waals surface area (Å²) in [7, 11) is 0. The third-order valence-corrected chi connectivity index (χ3v) is 6.15. The SMILES string of the molecule is C[C@@H]1CC[C@H]2[C@@H](C)C(O)O[C@H]3O[C@@]4(C)CC[C@@H]1[C@]32O4. The number of aliphatic hydroxyl groups excluding tert-OH is 1. The average Bonchev–Trinajstić information content (AvgIpc) is 2.56. The Morgan fingerprint density at radius 1 is 1.11 bits per heavy atom. The molecule has 1 saturated carbocycles. The molecule has 0 aromatic rings. The maximum Gasteiger partial charge on any atom is 0.193 e. The van der Waals surface area contributed by atoms with Crippen molar-refractivity contribution in [3.63, 3.8) is 0 Å². The van der Waals surface area contributed by atoms with Crippen LogP contribution in [0.3, 0.4) is 0 Å². The van der Waals surface area contributed by atoms with E-state index in [1.165, 1.54) is 6.42 Å². The number of rotatable bonds is 0. The standard InChI is InChI=1S/C15H24O4/c1-8-4-5-11-9(2)12(16)17-13-15(11)10(8)6-7-14(3,18-13)19-15/h8-13,16H,4-7H2,1-3H3/t8-,9-,10+,11+,12?,13+,14-,15-/m1/s1. The van der Waals surface area contributed by atoms with Gasteiger partial charge in [0.15, 0.2) is 18.4 Å². The van der Waals surface area contributed by atoms with Gasteiger partial charge in [0, 0.05) is 18.3 Å². The lowest BCUT2D eigenvalue weighted by molar-refractivity contribution is -0.326. The van der Waals surface area contributed by atoms with E-state index in [0.29, 0.717) is 17.8 Å². The molecule has 0 aromatic carbocycles. The van der Waals surface area contributed by atoms with Crippen LogP contribution < -0.4 is 0 Å². The molecule has 2 bridgehead atoms. The molecule has 4 fully saturated rings. The lowest BCUT2D eigenvalue weighted by Crippen LogP contribution is -2.66. The lowest BCUT2D eigenvalue weighted by atomic mass is 9.57. The zero-order chi connectivity index (χ0) is 13.4. The Bertz CT molecular complexity index is 400. The zero-order valence-electron chi connectivity index (χ0n) is 12.0. The highest BCUT2D eigenvalue weighted by molar-refractivity contribution is 5.12. The topological polar surface area (TPSA) is 47.9 Å². The van der Waals surface area contributed by atoms with Crippen molar-refractivity contribution in [2.45, 2.75) is 70.4 Å². The minimum absolute atomic E-state index is 0.121. The normalized spacial score (nSPS) is 63.8. The minimum atomic E-state index is -0.721. The van der Waals surface area contributed by atoms with Crippen molar-refractivity contribution in [1.29, 1.82) is 0 Å². The maximum absolute atomic E-state index is 10.1. The highest BCUT2D eigenvalue weighted by Crippen LogP contribution is 2.63. The summed E-state index contributed by atoms with van der Waals surface area (Å²) >= 11 is 0. The molecule has 8 atom stereocenters. The van der Waals surface area contributed by atoms with E-state index in [-0.39, 0.29) is 17.8 Å². The molecule has 4 nitrogen and oxygen atoms in total. The van der Waals surface area contributed by atoms with Gasteiger partial charge in [-0.25, -0.2) is 0 Å². The van der Waals surface area contributed by atoms with Crippen LogP contribution >= 0.6 is 0 Å². The first-order valence-electron chi connectivity index (χ1n) is 7.68. The first-order valence-corrected chi connectivity index (χ1v) is 7.68. The Morgan fingerprint density at radius 3 is 2.68 bits per heavy atom. The average molecular weight is 268 g/mol.